The van der Waals surface area contributed by atoms with Crippen LogP contribution in [0.3, 0.4) is 0 Å². The van der Waals surface area contributed by atoms with Crippen molar-refractivity contribution in [3.05, 3.63) is 0 Å². The van der Waals surface area contributed by atoms with E-state index in [2.05, 4.69) is 15.8 Å². The molecule has 0 radical (unpaired) electrons. The van der Waals surface area contributed by atoms with Crippen molar-refractivity contribution in [3.63, 3.8) is 0 Å². The number of nitrogens with zero attached hydrogens (tertiary/aromatic N) is 1. The minimum Gasteiger partial charge on any atom is -0.393 e. The van der Waals surface area contributed by atoms with Crippen molar-refractivity contribution < 1.29 is 14.7 Å². The predicted molar refractivity (Wildman–Crippen MR) is 61.2 cm³/mol. The summed E-state index contributed by atoms with van der Waals surface area (Å²) < 4.78 is 0. The molecule has 1 fully saturated rings. The van der Waals surface area contributed by atoms with Gasteiger partial charge in [0.05, 0.1) is 6.10 Å². The van der Waals surface area contributed by atoms with Crippen LogP contribution in [0.2, 0.25) is 0 Å². The van der Waals surface area contributed by atoms with Crippen LogP contribution in [0.1, 0.15) is 38.5 Å². The Morgan fingerprint density at radius 3 is 2.59 bits per heavy atom. The van der Waals surface area contributed by atoms with Crippen LogP contribution < -0.4 is 10.7 Å². The van der Waals surface area contributed by atoms with Gasteiger partial charge in [0.25, 0.3) is 5.91 Å². The number of carbonyl (C=O) groups excluding carboxylic acids is 2. The molecular formula is C11H17N3O3. The van der Waals surface area contributed by atoms with E-state index in [0.29, 0.717) is 18.6 Å². The Hall–Kier alpha value is -1.43. The van der Waals surface area contributed by atoms with Gasteiger partial charge in [-0.1, -0.05) is 0 Å². The van der Waals surface area contributed by atoms with E-state index in [1.54, 1.807) is 0 Å². The number of hydrazone groups is 1. The number of aliphatic hydroxyl groups is 1. The summed E-state index contributed by atoms with van der Waals surface area (Å²) in [5, 5.41) is 16.0. The highest BCUT2D eigenvalue weighted by Gasteiger charge is 2.24. The van der Waals surface area contributed by atoms with Crippen LogP contribution in [0.5, 0.6) is 0 Å². The highest BCUT2D eigenvalue weighted by Crippen LogP contribution is 2.18. The summed E-state index contributed by atoms with van der Waals surface area (Å²) in [5.74, 6) is -0.353. The molecule has 6 heteroatoms. The molecule has 0 bridgehead atoms. The smallest absolute Gasteiger partial charge is 0.267 e. The van der Waals surface area contributed by atoms with Crippen LogP contribution in [-0.2, 0) is 9.59 Å². The molecule has 1 aliphatic heterocycles. The molecule has 6 nitrogen and oxygen atoms in total. The average Bonchev–Trinajstić information content (AvgIpc) is 2.33. The molecule has 2 amide bonds. The first-order valence-electron chi connectivity index (χ1n) is 5.99. The second-order valence-corrected chi connectivity index (χ2v) is 4.57. The third kappa shape index (κ3) is 3.26. The van der Waals surface area contributed by atoms with Crippen molar-refractivity contribution in [2.45, 2.75) is 50.7 Å². The number of hydrogen-bond donors (Lipinski definition) is 3. The maximum absolute atomic E-state index is 11.8. The van der Waals surface area contributed by atoms with Gasteiger partial charge in [-0.2, -0.15) is 5.10 Å². The second-order valence-electron chi connectivity index (χ2n) is 4.57. The van der Waals surface area contributed by atoms with Gasteiger partial charge in [0, 0.05) is 18.9 Å². The Labute approximate surface area is 99.5 Å². The van der Waals surface area contributed by atoms with Gasteiger partial charge in [-0.25, -0.2) is 5.43 Å². The molecule has 94 valence electrons. The van der Waals surface area contributed by atoms with Gasteiger partial charge in [0.1, 0.15) is 5.71 Å². The number of aliphatic hydroxyl groups excluding tert-OH is 1. The van der Waals surface area contributed by atoms with Gasteiger partial charge in [-0.05, 0) is 25.7 Å². The summed E-state index contributed by atoms with van der Waals surface area (Å²) in [6.07, 6.45) is 3.54. The third-order valence-electron chi connectivity index (χ3n) is 3.20. The Morgan fingerprint density at radius 1 is 1.29 bits per heavy atom. The number of rotatable bonds is 2. The molecule has 0 aromatic carbocycles. The predicted octanol–water partition coefficient (Wildman–Crippen LogP) is -0.328. The summed E-state index contributed by atoms with van der Waals surface area (Å²) >= 11 is 0. The lowest BCUT2D eigenvalue weighted by Gasteiger charge is -2.26. The minimum atomic E-state index is -0.227. The monoisotopic (exact) mass is 239 g/mol. The largest absolute Gasteiger partial charge is 0.393 e. The molecule has 1 saturated carbocycles. The van der Waals surface area contributed by atoms with Gasteiger partial charge >= 0.3 is 0 Å². The van der Waals surface area contributed by atoms with Crippen molar-refractivity contribution >= 4 is 17.5 Å². The van der Waals surface area contributed by atoms with E-state index in [0.717, 1.165) is 25.7 Å². The Kier molecular flexibility index (Phi) is 3.73. The summed E-state index contributed by atoms with van der Waals surface area (Å²) in [5.41, 5.74) is 2.69. The number of hydrogen-bond acceptors (Lipinski definition) is 4. The van der Waals surface area contributed by atoms with Gasteiger partial charge in [-0.15, -0.1) is 0 Å². The minimum absolute atomic E-state index is 0.117. The van der Waals surface area contributed by atoms with Crippen molar-refractivity contribution in [3.8, 4) is 0 Å². The fourth-order valence-electron chi connectivity index (χ4n) is 2.13. The molecule has 0 atom stereocenters. The zero-order chi connectivity index (χ0) is 12.3. The molecule has 2 aliphatic rings. The van der Waals surface area contributed by atoms with Crippen molar-refractivity contribution in [2.24, 2.45) is 5.10 Å². The van der Waals surface area contributed by atoms with E-state index in [1.165, 1.54) is 0 Å². The standard InChI is InChI=1S/C11H17N3O3/c15-8-3-1-7(2-4-8)12-11(17)9-5-6-10(16)14-13-9/h7-8,15H,1-6H2,(H,12,17)(H,14,16). The molecule has 17 heavy (non-hydrogen) atoms. The Bertz CT molecular complexity index is 346. The molecule has 1 heterocycles. The van der Waals surface area contributed by atoms with E-state index < -0.39 is 0 Å². The normalized spacial score (nSPS) is 29.2. The average molecular weight is 239 g/mol. The van der Waals surface area contributed by atoms with Gasteiger partial charge in [0.2, 0.25) is 5.91 Å². The second kappa shape index (κ2) is 5.27. The van der Waals surface area contributed by atoms with Gasteiger partial charge in [0.15, 0.2) is 0 Å². The lowest BCUT2D eigenvalue weighted by molar-refractivity contribution is -0.121. The van der Waals surface area contributed by atoms with Crippen LogP contribution in [0.4, 0.5) is 0 Å². The van der Waals surface area contributed by atoms with E-state index in [4.69, 9.17) is 0 Å². The molecule has 0 saturated heterocycles. The van der Waals surface area contributed by atoms with Crippen molar-refractivity contribution in [1.29, 1.82) is 0 Å². The van der Waals surface area contributed by atoms with Crippen LogP contribution in [0.15, 0.2) is 5.10 Å². The topological polar surface area (TPSA) is 90.8 Å². The lowest BCUT2D eigenvalue weighted by Crippen LogP contribution is -2.43. The van der Waals surface area contributed by atoms with Gasteiger partial charge < -0.3 is 10.4 Å². The summed E-state index contributed by atoms with van der Waals surface area (Å²) in [7, 11) is 0. The van der Waals surface area contributed by atoms with E-state index in [9.17, 15) is 14.7 Å². The van der Waals surface area contributed by atoms with E-state index in [1.807, 2.05) is 0 Å². The molecular weight excluding hydrogens is 222 g/mol. The van der Waals surface area contributed by atoms with Crippen molar-refractivity contribution in [2.75, 3.05) is 0 Å². The number of amides is 2. The van der Waals surface area contributed by atoms with Crippen molar-refractivity contribution in [1.82, 2.24) is 10.7 Å². The number of carbonyl (C=O) groups is 2. The fourth-order valence-corrected chi connectivity index (χ4v) is 2.13. The Balaban J connectivity index is 1.83. The maximum Gasteiger partial charge on any atom is 0.267 e. The molecule has 3 N–H and O–H groups in total. The van der Waals surface area contributed by atoms with Crippen LogP contribution in [0, 0.1) is 0 Å². The highest BCUT2D eigenvalue weighted by molar-refractivity contribution is 6.39. The summed E-state index contributed by atoms with van der Waals surface area (Å²) in [6.45, 7) is 0. The molecule has 0 aromatic rings. The van der Waals surface area contributed by atoms with E-state index in [-0.39, 0.29) is 24.0 Å². The first-order chi connectivity index (χ1) is 8.15. The number of nitrogens with one attached hydrogen (secondary N) is 2. The highest BCUT2D eigenvalue weighted by atomic mass is 16.3. The SMILES string of the molecule is O=C1CCC(C(=O)NC2CCC(O)CC2)=NN1. The molecule has 0 aromatic heterocycles. The summed E-state index contributed by atoms with van der Waals surface area (Å²) in [6, 6.07) is 0.117. The quantitative estimate of drug-likeness (QED) is 0.616. The van der Waals surface area contributed by atoms with Gasteiger partial charge in [-0.3, -0.25) is 9.59 Å². The van der Waals surface area contributed by atoms with E-state index >= 15 is 0 Å². The maximum atomic E-state index is 11.8. The molecule has 1 aliphatic carbocycles. The van der Waals surface area contributed by atoms with Crippen LogP contribution in [0.25, 0.3) is 0 Å². The van der Waals surface area contributed by atoms with Crippen LogP contribution in [-0.4, -0.2) is 34.8 Å². The summed E-state index contributed by atoms with van der Waals surface area (Å²) in [4.78, 5) is 22.7. The zero-order valence-electron chi connectivity index (χ0n) is 9.61. The zero-order valence-corrected chi connectivity index (χ0v) is 9.61. The molecule has 0 unspecified atom stereocenters. The Morgan fingerprint density at radius 2 is 2.00 bits per heavy atom. The molecule has 2 rings (SSSR count). The lowest BCUT2D eigenvalue weighted by atomic mass is 9.93. The third-order valence-corrected chi connectivity index (χ3v) is 3.20. The first-order valence-corrected chi connectivity index (χ1v) is 5.99. The first kappa shape index (κ1) is 12.0. The fraction of sp³-hybridized carbons (Fsp3) is 0.727. The van der Waals surface area contributed by atoms with Crippen LogP contribution >= 0.6 is 0 Å². The molecule has 0 spiro atoms.